The number of halogens is 1. The quantitative estimate of drug-likeness (QED) is 0.428. The lowest BCUT2D eigenvalue weighted by molar-refractivity contribution is 0.0333. The minimum atomic E-state index is -0.535. The van der Waals surface area contributed by atoms with Gasteiger partial charge >= 0.3 is 6.03 Å². The Hall–Kier alpha value is -3.17. The zero-order valence-corrected chi connectivity index (χ0v) is 23.2. The van der Waals surface area contributed by atoms with E-state index in [4.69, 9.17) is 4.74 Å². The number of aliphatic hydroxyl groups is 1. The van der Waals surface area contributed by atoms with Crippen LogP contribution in [0.15, 0.2) is 42.5 Å². The number of fused-ring (bicyclic) bond motifs is 1. The zero-order valence-electron chi connectivity index (χ0n) is 23.2. The number of ether oxygens (including phenoxy) is 1. The lowest BCUT2D eigenvalue weighted by atomic mass is 9.89. The van der Waals surface area contributed by atoms with E-state index >= 15 is 0 Å². The monoisotopic (exact) mass is 540 g/mol. The minimum absolute atomic E-state index is 0.0222. The number of hydrogen-bond acceptors (Lipinski definition) is 5. The van der Waals surface area contributed by atoms with E-state index in [1.807, 2.05) is 6.92 Å². The Morgan fingerprint density at radius 3 is 2.54 bits per heavy atom. The summed E-state index contributed by atoms with van der Waals surface area (Å²) in [4.78, 5) is 30.5. The fourth-order valence-electron chi connectivity index (χ4n) is 5.57. The van der Waals surface area contributed by atoms with Crippen molar-refractivity contribution in [2.45, 2.75) is 58.1 Å². The second kappa shape index (κ2) is 13.3. The molecule has 0 aromatic heterocycles. The van der Waals surface area contributed by atoms with Crippen LogP contribution in [0, 0.1) is 17.7 Å². The highest BCUT2D eigenvalue weighted by atomic mass is 19.1. The average molecular weight is 541 g/mol. The standard InChI is InChI=1S/C30H41FN4O4/c1-20-16-35(21(2)19-36)29(37)25-10-7-11-26(33-30(38)32-24-14-12-23(31)13-15-24)28(25)39-27(20)18-34(3)17-22-8-5-4-6-9-22/h7,10-15,20-22,27,36H,4-6,8-9,16-19H2,1-3H3,(H2,32,33,38)/t20-,21+,27-/m0/s1. The fourth-order valence-corrected chi connectivity index (χ4v) is 5.57. The number of nitrogens with zero attached hydrogens (tertiary/aromatic N) is 2. The summed E-state index contributed by atoms with van der Waals surface area (Å²) in [5.74, 6) is 0.322. The van der Waals surface area contributed by atoms with E-state index in [0.29, 0.717) is 41.7 Å². The van der Waals surface area contributed by atoms with Crippen molar-refractivity contribution in [2.24, 2.45) is 11.8 Å². The van der Waals surface area contributed by atoms with E-state index in [2.05, 4.69) is 29.5 Å². The third kappa shape index (κ3) is 7.48. The molecule has 3 amide bonds. The Balaban J connectivity index is 1.59. The van der Waals surface area contributed by atoms with Gasteiger partial charge in [0.1, 0.15) is 11.9 Å². The van der Waals surface area contributed by atoms with Crippen molar-refractivity contribution in [2.75, 3.05) is 43.9 Å². The molecule has 0 radical (unpaired) electrons. The van der Waals surface area contributed by atoms with Gasteiger partial charge in [-0.3, -0.25) is 4.79 Å². The number of urea groups is 1. The molecule has 2 aromatic carbocycles. The van der Waals surface area contributed by atoms with Gasteiger partial charge in [-0.05, 0) is 69.1 Å². The molecule has 4 rings (SSSR count). The molecule has 1 aliphatic carbocycles. The van der Waals surface area contributed by atoms with E-state index in [1.165, 1.54) is 56.4 Å². The van der Waals surface area contributed by atoms with Gasteiger partial charge in [-0.2, -0.15) is 0 Å². The number of carbonyl (C=O) groups is 2. The van der Waals surface area contributed by atoms with Crippen LogP contribution in [0.2, 0.25) is 0 Å². The van der Waals surface area contributed by atoms with Gasteiger partial charge in [-0.1, -0.05) is 32.3 Å². The number of rotatable bonds is 8. The smallest absolute Gasteiger partial charge is 0.323 e. The summed E-state index contributed by atoms with van der Waals surface area (Å²) in [7, 11) is 2.12. The number of likely N-dealkylation sites (N-methyl/N-ethyl adjacent to an activating group) is 1. The largest absolute Gasteiger partial charge is 0.486 e. The van der Waals surface area contributed by atoms with Crippen LogP contribution >= 0.6 is 0 Å². The van der Waals surface area contributed by atoms with Crippen LogP contribution in [0.25, 0.3) is 0 Å². The maximum Gasteiger partial charge on any atom is 0.323 e. The van der Waals surface area contributed by atoms with Gasteiger partial charge in [0.05, 0.1) is 23.9 Å². The van der Waals surface area contributed by atoms with E-state index < -0.39 is 11.8 Å². The van der Waals surface area contributed by atoms with Gasteiger partial charge in [-0.25, -0.2) is 9.18 Å². The lowest BCUT2D eigenvalue weighted by Gasteiger charge is -2.39. The Morgan fingerprint density at radius 2 is 1.85 bits per heavy atom. The first-order chi connectivity index (χ1) is 18.7. The summed E-state index contributed by atoms with van der Waals surface area (Å²) < 4.78 is 19.9. The summed E-state index contributed by atoms with van der Waals surface area (Å²) in [5, 5.41) is 15.4. The number of carbonyl (C=O) groups excluding carboxylic acids is 2. The minimum Gasteiger partial charge on any atom is -0.486 e. The van der Waals surface area contributed by atoms with E-state index in [-0.39, 0.29) is 30.6 Å². The molecule has 9 heteroatoms. The van der Waals surface area contributed by atoms with E-state index in [9.17, 15) is 19.1 Å². The van der Waals surface area contributed by atoms with Crippen molar-refractivity contribution in [3.63, 3.8) is 0 Å². The van der Waals surface area contributed by atoms with Crippen LogP contribution in [0.1, 0.15) is 56.3 Å². The van der Waals surface area contributed by atoms with Crippen molar-refractivity contribution in [3.05, 3.63) is 53.8 Å². The molecule has 2 aromatic rings. The van der Waals surface area contributed by atoms with Crippen LogP contribution in [-0.4, -0.2) is 72.3 Å². The molecule has 1 fully saturated rings. The van der Waals surface area contributed by atoms with Crippen LogP contribution in [0.5, 0.6) is 5.75 Å². The maximum atomic E-state index is 13.6. The first kappa shape index (κ1) is 28.8. The molecule has 1 aliphatic heterocycles. The van der Waals surface area contributed by atoms with Crippen molar-refractivity contribution < 1.29 is 23.8 Å². The highest BCUT2D eigenvalue weighted by molar-refractivity contribution is 6.04. The average Bonchev–Trinajstić information content (AvgIpc) is 2.92. The second-order valence-electron chi connectivity index (χ2n) is 11.1. The molecule has 212 valence electrons. The van der Waals surface area contributed by atoms with Gasteiger partial charge < -0.3 is 30.3 Å². The summed E-state index contributed by atoms with van der Waals surface area (Å²) in [5.41, 5.74) is 1.14. The zero-order chi connectivity index (χ0) is 27.9. The molecule has 8 nitrogen and oxygen atoms in total. The molecule has 0 spiro atoms. The number of aliphatic hydroxyl groups excluding tert-OH is 1. The molecule has 39 heavy (non-hydrogen) atoms. The van der Waals surface area contributed by atoms with Crippen molar-refractivity contribution in [1.82, 2.24) is 9.80 Å². The molecule has 0 unspecified atom stereocenters. The third-order valence-corrected chi connectivity index (χ3v) is 7.83. The first-order valence-corrected chi connectivity index (χ1v) is 14.0. The Labute approximate surface area is 230 Å². The third-order valence-electron chi connectivity index (χ3n) is 7.83. The number of benzene rings is 2. The number of amides is 3. The molecule has 0 saturated heterocycles. The van der Waals surface area contributed by atoms with Gasteiger partial charge in [0, 0.05) is 31.2 Å². The highest BCUT2D eigenvalue weighted by Gasteiger charge is 2.35. The fraction of sp³-hybridized carbons (Fsp3) is 0.533. The van der Waals surface area contributed by atoms with Crippen molar-refractivity contribution in [3.8, 4) is 5.75 Å². The predicted molar refractivity (Wildman–Crippen MR) is 151 cm³/mol. The molecular weight excluding hydrogens is 499 g/mol. The van der Waals surface area contributed by atoms with Crippen LogP contribution < -0.4 is 15.4 Å². The summed E-state index contributed by atoms with van der Waals surface area (Å²) >= 11 is 0. The highest BCUT2D eigenvalue weighted by Crippen LogP contribution is 2.35. The molecule has 3 atom stereocenters. The number of hydrogen-bond donors (Lipinski definition) is 3. The maximum absolute atomic E-state index is 13.6. The van der Waals surface area contributed by atoms with Gasteiger partial charge in [0.25, 0.3) is 5.91 Å². The molecule has 1 saturated carbocycles. The number of nitrogens with one attached hydrogen (secondary N) is 2. The Morgan fingerprint density at radius 1 is 1.13 bits per heavy atom. The topological polar surface area (TPSA) is 94.1 Å². The van der Waals surface area contributed by atoms with Crippen LogP contribution in [0.3, 0.4) is 0 Å². The second-order valence-corrected chi connectivity index (χ2v) is 11.1. The van der Waals surface area contributed by atoms with E-state index in [0.717, 1.165) is 6.54 Å². The summed E-state index contributed by atoms with van der Waals surface area (Å²) in [6.07, 6.45) is 6.14. The van der Waals surface area contributed by atoms with Gasteiger partial charge in [0.2, 0.25) is 0 Å². The van der Waals surface area contributed by atoms with E-state index in [1.54, 1.807) is 23.1 Å². The van der Waals surface area contributed by atoms with Crippen molar-refractivity contribution in [1.29, 1.82) is 0 Å². The Bertz CT molecular complexity index is 1120. The predicted octanol–water partition coefficient (Wildman–Crippen LogP) is 5.20. The SMILES string of the molecule is C[C@H](CO)N1C[C@H](C)[C@H](CN(C)CC2CCCCC2)Oc2c(NC(=O)Nc3ccc(F)cc3)cccc2C1=O. The Kier molecular flexibility index (Phi) is 9.80. The molecule has 3 N–H and O–H groups in total. The normalized spacial score (nSPS) is 21.0. The van der Waals surface area contributed by atoms with Gasteiger partial charge in [-0.15, -0.1) is 0 Å². The molecule has 0 bridgehead atoms. The van der Waals surface area contributed by atoms with Crippen molar-refractivity contribution >= 4 is 23.3 Å². The first-order valence-electron chi connectivity index (χ1n) is 14.0. The van der Waals surface area contributed by atoms with Crippen LogP contribution in [-0.2, 0) is 0 Å². The van der Waals surface area contributed by atoms with Gasteiger partial charge in [0.15, 0.2) is 5.75 Å². The number of para-hydroxylation sites is 1. The summed E-state index contributed by atoms with van der Waals surface area (Å²) in [6.45, 7) is 5.85. The lowest BCUT2D eigenvalue weighted by Crippen LogP contribution is -2.50. The molecule has 2 aliphatic rings. The van der Waals surface area contributed by atoms with Crippen LogP contribution in [0.4, 0.5) is 20.6 Å². The molecule has 1 heterocycles. The number of anilines is 2. The summed E-state index contributed by atoms with van der Waals surface area (Å²) in [6, 6.07) is 9.66. The molecular formula is C30H41FN4O4.